The van der Waals surface area contributed by atoms with Gasteiger partial charge in [-0.1, -0.05) is 6.07 Å². The molecule has 15 nitrogen and oxygen atoms in total. The third-order valence-electron chi connectivity index (χ3n) is 9.15. The number of hydrogen-bond donors (Lipinski definition) is 2. The van der Waals surface area contributed by atoms with Gasteiger partial charge in [0.25, 0.3) is 5.88 Å². The molecule has 1 aliphatic heterocycles. The van der Waals surface area contributed by atoms with Gasteiger partial charge in [0, 0.05) is 43.5 Å². The summed E-state index contributed by atoms with van der Waals surface area (Å²) in [6.45, 7) is 12.4. The molecule has 0 unspecified atom stereocenters. The predicted molar refractivity (Wildman–Crippen MR) is 185 cm³/mol. The Balaban J connectivity index is 1.14. The molecule has 0 radical (unpaired) electrons. The topological polar surface area (TPSA) is 174 Å². The van der Waals surface area contributed by atoms with Crippen LogP contribution in [0.2, 0.25) is 0 Å². The number of aromatic nitrogens is 8. The fourth-order valence-electron chi connectivity index (χ4n) is 6.69. The number of anilines is 2. The number of benzene rings is 1. The van der Waals surface area contributed by atoms with E-state index in [0.717, 1.165) is 49.9 Å². The van der Waals surface area contributed by atoms with Crippen molar-refractivity contribution in [2.75, 3.05) is 25.0 Å². The maximum Gasteiger partial charge on any atom is 0.256 e. The lowest BCUT2D eigenvalue weighted by atomic mass is 9.89. The Hall–Kier alpha value is -4.65. The molecule has 2 fully saturated rings. The second-order valence-electron chi connectivity index (χ2n) is 14.1. The summed E-state index contributed by atoms with van der Waals surface area (Å²) in [4.78, 5) is 11.8. The number of tetrazole rings is 1. The number of nitrogens with one attached hydrogen (secondary N) is 1. The Morgan fingerprint density at radius 2 is 1.80 bits per heavy atom. The van der Waals surface area contributed by atoms with Crippen LogP contribution >= 0.6 is 0 Å². The van der Waals surface area contributed by atoms with Gasteiger partial charge in [-0.2, -0.15) is 5.26 Å². The smallest absolute Gasteiger partial charge is 0.256 e. The monoisotopic (exact) mass is 685 g/mol. The van der Waals surface area contributed by atoms with E-state index in [-0.39, 0.29) is 24.4 Å². The van der Waals surface area contributed by atoms with E-state index in [9.17, 15) is 10.4 Å². The quantitative estimate of drug-likeness (QED) is 0.201. The van der Waals surface area contributed by atoms with Crippen LogP contribution in [0.5, 0.6) is 11.6 Å². The highest BCUT2D eigenvalue weighted by Crippen LogP contribution is 2.36. The van der Waals surface area contributed by atoms with Crippen LogP contribution in [0.1, 0.15) is 78.3 Å². The minimum Gasteiger partial charge on any atom is -0.487 e. The van der Waals surface area contributed by atoms with Gasteiger partial charge < -0.3 is 24.6 Å². The minimum atomic E-state index is -0.856. The molecule has 266 valence electrons. The van der Waals surface area contributed by atoms with Crippen molar-refractivity contribution in [3.8, 4) is 28.8 Å². The molecule has 1 aromatic carbocycles. The molecule has 4 heterocycles. The summed E-state index contributed by atoms with van der Waals surface area (Å²) in [5, 5.41) is 39.3. The van der Waals surface area contributed by atoms with Crippen LogP contribution in [0.4, 0.5) is 11.6 Å². The molecule has 3 aromatic heterocycles. The van der Waals surface area contributed by atoms with Crippen LogP contribution in [-0.2, 0) is 11.3 Å². The van der Waals surface area contributed by atoms with E-state index in [0.29, 0.717) is 54.4 Å². The highest BCUT2D eigenvalue weighted by atomic mass is 16.5. The summed E-state index contributed by atoms with van der Waals surface area (Å²) in [6.07, 6.45) is 11.9. The largest absolute Gasteiger partial charge is 0.487 e. The van der Waals surface area contributed by atoms with E-state index in [2.05, 4.69) is 55.6 Å². The molecule has 1 aliphatic carbocycles. The standard InChI is InChI=1S/C35H47N11O4/c1-23-18-44(19-24(2)49-23)29-8-10-30(11-9-29)46-21-31(33(41-46)48-13-12-35(4,5)47)40-34-37-16-28(17-38-34)26-6-7-27(15-36)32(14-26)50-25(3)20-45-22-39-42-43-45/h6-7,14,16-17,21-25,29-30,47H,8-13,18-20H2,1-5H3,(H,37,38,40)/t23-,24+,25-,29-,30-/m0/s1. The normalized spacial score (nSPS) is 22.1. The zero-order valence-electron chi connectivity index (χ0n) is 29.4. The maximum atomic E-state index is 10.3. The first-order valence-electron chi connectivity index (χ1n) is 17.4. The average molecular weight is 686 g/mol. The lowest BCUT2D eigenvalue weighted by Crippen LogP contribution is -2.51. The molecule has 3 atom stereocenters. The Labute approximate surface area is 292 Å². The van der Waals surface area contributed by atoms with Gasteiger partial charge in [0.05, 0.1) is 48.8 Å². The van der Waals surface area contributed by atoms with Crippen LogP contribution in [0.3, 0.4) is 0 Å². The lowest BCUT2D eigenvalue weighted by molar-refractivity contribution is -0.0852. The number of ether oxygens (including phenoxy) is 3. The third-order valence-corrected chi connectivity index (χ3v) is 9.15. The molecule has 0 bridgehead atoms. The molecular weight excluding hydrogens is 638 g/mol. The lowest BCUT2D eigenvalue weighted by Gasteiger charge is -2.42. The van der Waals surface area contributed by atoms with Gasteiger partial charge in [-0.05, 0) is 88.4 Å². The Kier molecular flexibility index (Phi) is 10.9. The van der Waals surface area contributed by atoms with Crippen LogP contribution in [0, 0.1) is 11.3 Å². The molecule has 6 rings (SSSR count). The van der Waals surface area contributed by atoms with Crippen molar-refractivity contribution in [2.45, 2.75) is 109 Å². The zero-order chi connectivity index (χ0) is 35.3. The summed E-state index contributed by atoms with van der Waals surface area (Å²) >= 11 is 0. The highest BCUT2D eigenvalue weighted by Gasteiger charge is 2.32. The zero-order valence-corrected chi connectivity index (χ0v) is 29.4. The number of nitriles is 1. The SMILES string of the molecule is C[C@@H]1CN([C@H]2CC[C@H](n3cc(Nc4ncc(-c5ccc(C#N)c(O[C@@H](C)Cn6cnnn6)c5)cn4)c(OCCC(C)(C)O)n3)CC2)C[C@H](C)O1. The fourth-order valence-corrected chi connectivity index (χ4v) is 6.69. The van der Waals surface area contributed by atoms with Gasteiger partial charge >= 0.3 is 0 Å². The molecule has 0 amide bonds. The molecule has 15 heteroatoms. The molecule has 2 aliphatic rings. The number of aliphatic hydroxyl groups is 1. The van der Waals surface area contributed by atoms with Gasteiger partial charge in [0.2, 0.25) is 5.95 Å². The van der Waals surface area contributed by atoms with Crippen molar-refractivity contribution in [3.63, 3.8) is 0 Å². The minimum absolute atomic E-state index is 0.251. The van der Waals surface area contributed by atoms with Crippen molar-refractivity contribution < 1.29 is 19.3 Å². The van der Waals surface area contributed by atoms with E-state index in [1.807, 2.05) is 29.9 Å². The van der Waals surface area contributed by atoms with Gasteiger partial charge in [-0.25, -0.2) is 14.6 Å². The van der Waals surface area contributed by atoms with Crippen molar-refractivity contribution in [1.82, 2.24) is 44.9 Å². The van der Waals surface area contributed by atoms with E-state index < -0.39 is 5.60 Å². The number of nitrogens with zero attached hydrogens (tertiary/aromatic N) is 10. The summed E-state index contributed by atoms with van der Waals surface area (Å²) in [6, 6.07) is 8.38. The van der Waals surface area contributed by atoms with Crippen LogP contribution in [0.15, 0.2) is 43.1 Å². The van der Waals surface area contributed by atoms with E-state index >= 15 is 0 Å². The van der Waals surface area contributed by atoms with Crippen LogP contribution in [0.25, 0.3) is 11.1 Å². The molecule has 1 saturated heterocycles. The average Bonchev–Trinajstić information content (AvgIpc) is 3.74. The molecule has 4 aromatic rings. The Morgan fingerprint density at radius 3 is 2.46 bits per heavy atom. The maximum absolute atomic E-state index is 10.3. The van der Waals surface area contributed by atoms with Crippen molar-refractivity contribution in [1.29, 1.82) is 5.26 Å². The summed E-state index contributed by atoms with van der Waals surface area (Å²) in [7, 11) is 0. The van der Waals surface area contributed by atoms with Crippen molar-refractivity contribution in [2.24, 2.45) is 0 Å². The van der Waals surface area contributed by atoms with E-state index in [4.69, 9.17) is 19.3 Å². The number of morpholine rings is 1. The van der Waals surface area contributed by atoms with Gasteiger partial charge in [0.15, 0.2) is 0 Å². The van der Waals surface area contributed by atoms with Gasteiger partial charge in [-0.15, -0.1) is 10.2 Å². The molecule has 1 saturated carbocycles. The predicted octanol–water partition coefficient (Wildman–Crippen LogP) is 4.54. The fraction of sp³-hybridized carbons (Fsp3) is 0.571. The van der Waals surface area contributed by atoms with E-state index in [1.165, 1.54) is 6.33 Å². The first-order valence-corrected chi connectivity index (χ1v) is 17.4. The first kappa shape index (κ1) is 35.2. The molecule has 50 heavy (non-hydrogen) atoms. The van der Waals surface area contributed by atoms with Crippen LogP contribution < -0.4 is 14.8 Å². The van der Waals surface area contributed by atoms with Gasteiger partial charge in [0.1, 0.15) is 29.9 Å². The Bertz CT molecular complexity index is 1710. The second-order valence-corrected chi connectivity index (χ2v) is 14.1. The first-order chi connectivity index (χ1) is 24.0. The van der Waals surface area contributed by atoms with Gasteiger partial charge in [-0.3, -0.25) is 9.58 Å². The number of rotatable bonds is 13. The second kappa shape index (κ2) is 15.5. The van der Waals surface area contributed by atoms with E-state index in [1.54, 1.807) is 37.0 Å². The van der Waals surface area contributed by atoms with Crippen molar-refractivity contribution >= 4 is 11.6 Å². The van der Waals surface area contributed by atoms with Crippen LogP contribution in [-0.4, -0.2) is 99.6 Å². The highest BCUT2D eigenvalue weighted by molar-refractivity contribution is 5.67. The summed E-state index contributed by atoms with van der Waals surface area (Å²) in [5.41, 5.74) is 1.79. The molecule has 0 spiro atoms. The summed E-state index contributed by atoms with van der Waals surface area (Å²) < 4.78 is 21.7. The summed E-state index contributed by atoms with van der Waals surface area (Å²) in [5.74, 6) is 1.29. The third kappa shape index (κ3) is 9.12. The number of hydrogen-bond acceptors (Lipinski definition) is 13. The molecular formula is C35H47N11O4. The molecule has 2 N–H and O–H groups in total. The Morgan fingerprint density at radius 1 is 1.08 bits per heavy atom. The van der Waals surface area contributed by atoms with Crippen molar-refractivity contribution in [3.05, 3.63) is 48.7 Å².